The zero-order valence-electron chi connectivity index (χ0n) is 17.5. The third kappa shape index (κ3) is 4.32. The predicted octanol–water partition coefficient (Wildman–Crippen LogP) is 1.82. The van der Waals surface area contributed by atoms with E-state index in [1.807, 2.05) is 0 Å². The van der Waals surface area contributed by atoms with E-state index in [0.29, 0.717) is 5.56 Å². The molecule has 176 valence electrons. The summed E-state index contributed by atoms with van der Waals surface area (Å²) < 4.78 is 76.5. The predicted molar refractivity (Wildman–Crippen MR) is 110 cm³/mol. The molecule has 1 aromatic carbocycles. The first-order valence-electron chi connectivity index (χ1n) is 9.63. The molecule has 0 aliphatic carbocycles. The minimum Gasteiger partial charge on any atom is -0.478 e. The number of hydrogen-bond acceptors (Lipinski definition) is 8. The molecule has 0 fully saturated rings. The Hall–Kier alpha value is -3.35. The van der Waals surface area contributed by atoms with Gasteiger partial charge in [-0.3, -0.25) is 4.79 Å². The lowest BCUT2D eigenvalue weighted by Crippen LogP contribution is -2.50. The maximum atomic E-state index is 14.7. The molecule has 2 N–H and O–H groups in total. The summed E-state index contributed by atoms with van der Waals surface area (Å²) >= 11 is 0. The normalized spacial score (nSPS) is 23.1. The largest absolute Gasteiger partial charge is 0.478 e. The third-order valence-electron chi connectivity index (χ3n) is 5.31. The van der Waals surface area contributed by atoms with Gasteiger partial charge in [0.25, 0.3) is 0 Å². The highest BCUT2D eigenvalue weighted by Crippen LogP contribution is 2.37. The summed E-state index contributed by atoms with van der Waals surface area (Å²) in [7, 11) is -2.59. The summed E-state index contributed by atoms with van der Waals surface area (Å²) in [6.07, 6.45) is -2.69. The molecule has 0 saturated carbocycles. The summed E-state index contributed by atoms with van der Waals surface area (Å²) in [6.45, 7) is 0.460. The van der Waals surface area contributed by atoms with Gasteiger partial charge in [-0.25, -0.2) is 27.1 Å². The number of Topliss-reactive ketones (excluding diaryl/α,β-unsaturated/α-hetero) is 1. The number of aromatic nitrogens is 1. The molecule has 33 heavy (non-hydrogen) atoms. The number of carbonyl (C=O) groups excluding carboxylic acids is 1. The maximum Gasteiger partial charge on any atom is 0.433 e. The second kappa shape index (κ2) is 7.61. The number of sulfonamides is 1. The standard InChI is InChI=1S/C20H19F3N4O5S/c1-19(10-33(29,30)27(2)18(24)26-19)12-5-11(3-4-13(12)21)6-15(28)14-7-16-17(8-25-14)31-9-20(22,23)32-16/h3-5,7-8H,6,9-10H2,1-2H3,(H2,24,26)/t19-/m0/s1. The Kier molecular flexibility index (Phi) is 5.26. The van der Waals surface area contributed by atoms with Crippen LogP contribution >= 0.6 is 0 Å². The number of nitrogens with two attached hydrogens (primary N) is 1. The van der Waals surface area contributed by atoms with Crippen LogP contribution in [-0.4, -0.2) is 55.0 Å². The molecule has 0 amide bonds. The lowest BCUT2D eigenvalue weighted by molar-refractivity contribution is -0.208. The van der Waals surface area contributed by atoms with Crippen molar-refractivity contribution >= 4 is 21.8 Å². The molecule has 13 heteroatoms. The van der Waals surface area contributed by atoms with Gasteiger partial charge >= 0.3 is 6.11 Å². The van der Waals surface area contributed by atoms with Crippen LogP contribution in [0.4, 0.5) is 13.2 Å². The zero-order chi connectivity index (χ0) is 24.2. The van der Waals surface area contributed by atoms with Crippen molar-refractivity contribution in [3.63, 3.8) is 0 Å². The number of guanidine groups is 1. The van der Waals surface area contributed by atoms with E-state index < -0.39 is 45.6 Å². The molecule has 0 spiro atoms. The summed E-state index contributed by atoms with van der Waals surface area (Å²) in [4.78, 5) is 20.8. The Balaban J connectivity index is 1.62. The van der Waals surface area contributed by atoms with Gasteiger partial charge in [0.15, 0.2) is 23.9 Å². The highest BCUT2D eigenvalue weighted by atomic mass is 32.2. The second-order valence-electron chi connectivity index (χ2n) is 7.93. The van der Waals surface area contributed by atoms with Crippen LogP contribution < -0.4 is 15.2 Å². The molecule has 9 nitrogen and oxygen atoms in total. The number of pyridine rings is 1. The molecule has 0 saturated heterocycles. The molecule has 3 heterocycles. The van der Waals surface area contributed by atoms with E-state index in [2.05, 4.69) is 14.7 Å². The smallest absolute Gasteiger partial charge is 0.433 e. The van der Waals surface area contributed by atoms with Gasteiger partial charge < -0.3 is 15.2 Å². The molecule has 0 radical (unpaired) electrons. The number of nitrogens with zero attached hydrogens (tertiary/aromatic N) is 3. The molecule has 2 aliphatic rings. The fraction of sp³-hybridized carbons (Fsp3) is 0.350. The van der Waals surface area contributed by atoms with E-state index in [9.17, 15) is 26.4 Å². The molecule has 0 bridgehead atoms. The Labute approximate surface area is 187 Å². The maximum absolute atomic E-state index is 14.7. The van der Waals surface area contributed by atoms with Crippen LogP contribution in [0.2, 0.25) is 0 Å². The van der Waals surface area contributed by atoms with Crippen molar-refractivity contribution in [1.82, 2.24) is 9.29 Å². The van der Waals surface area contributed by atoms with Crippen molar-refractivity contribution in [3.8, 4) is 11.5 Å². The van der Waals surface area contributed by atoms with E-state index in [1.165, 1.54) is 26.1 Å². The molecular weight excluding hydrogens is 465 g/mol. The van der Waals surface area contributed by atoms with Crippen LogP contribution in [0.5, 0.6) is 11.5 Å². The fourth-order valence-corrected chi connectivity index (χ4v) is 5.03. The quantitative estimate of drug-likeness (QED) is 0.657. The number of fused-ring (bicyclic) bond motifs is 1. The molecule has 0 unspecified atom stereocenters. The van der Waals surface area contributed by atoms with Crippen molar-refractivity contribution in [2.45, 2.75) is 25.0 Å². The molecule has 2 aliphatic heterocycles. The molecule has 4 rings (SSSR count). The lowest BCUT2D eigenvalue weighted by atomic mass is 9.91. The Morgan fingerprint density at radius 2 is 2.00 bits per heavy atom. The van der Waals surface area contributed by atoms with E-state index in [0.717, 1.165) is 22.6 Å². The van der Waals surface area contributed by atoms with Crippen molar-refractivity contribution in [1.29, 1.82) is 0 Å². The lowest BCUT2D eigenvalue weighted by Gasteiger charge is -2.34. The summed E-state index contributed by atoms with van der Waals surface area (Å²) in [6, 6.07) is 4.82. The van der Waals surface area contributed by atoms with Crippen molar-refractivity contribution in [3.05, 3.63) is 53.1 Å². The Bertz CT molecular complexity index is 1280. The molecule has 2 aromatic rings. The van der Waals surface area contributed by atoms with Crippen LogP contribution in [0, 0.1) is 5.82 Å². The number of alkyl halides is 2. The highest BCUT2D eigenvalue weighted by Gasteiger charge is 2.42. The van der Waals surface area contributed by atoms with Gasteiger partial charge in [0.1, 0.15) is 17.1 Å². The number of ether oxygens (including phenoxy) is 2. The van der Waals surface area contributed by atoms with Crippen molar-refractivity contribution in [2.24, 2.45) is 10.7 Å². The monoisotopic (exact) mass is 484 g/mol. The van der Waals surface area contributed by atoms with Gasteiger partial charge in [0.05, 0.1) is 11.9 Å². The third-order valence-corrected chi connectivity index (χ3v) is 7.26. The van der Waals surface area contributed by atoms with Crippen LogP contribution in [0.1, 0.15) is 28.5 Å². The van der Waals surface area contributed by atoms with Gasteiger partial charge in [-0.1, -0.05) is 6.07 Å². The topological polar surface area (TPSA) is 124 Å². The summed E-state index contributed by atoms with van der Waals surface area (Å²) in [5.74, 6) is -2.43. The fourth-order valence-electron chi connectivity index (χ4n) is 3.58. The minimum atomic E-state index is -3.83. The van der Waals surface area contributed by atoms with E-state index in [1.54, 1.807) is 0 Å². The first kappa shape index (κ1) is 22.8. The van der Waals surface area contributed by atoms with Crippen LogP contribution in [0.3, 0.4) is 0 Å². The van der Waals surface area contributed by atoms with Gasteiger partial charge in [0, 0.05) is 25.1 Å². The number of halogens is 3. The SMILES string of the molecule is CN1C(N)=N[C@](C)(c2cc(CC(=O)c3cc4c(cn3)OCC(F)(F)O4)ccc2F)CS1(=O)=O. The Morgan fingerprint density at radius 1 is 1.27 bits per heavy atom. The first-order valence-corrected chi connectivity index (χ1v) is 11.2. The number of ketones is 1. The van der Waals surface area contributed by atoms with Crippen LogP contribution in [-0.2, 0) is 22.0 Å². The van der Waals surface area contributed by atoms with Gasteiger partial charge in [0.2, 0.25) is 16.0 Å². The highest BCUT2D eigenvalue weighted by molar-refractivity contribution is 7.89. The average molecular weight is 484 g/mol. The van der Waals surface area contributed by atoms with Crippen LogP contribution in [0.25, 0.3) is 0 Å². The number of aliphatic imine (C=N–C) groups is 1. The molecule has 1 aromatic heterocycles. The number of hydrogen-bond donors (Lipinski definition) is 1. The second-order valence-corrected chi connectivity index (χ2v) is 9.93. The first-order chi connectivity index (χ1) is 15.3. The van der Waals surface area contributed by atoms with E-state index in [4.69, 9.17) is 10.5 Å². The summed E-state index contributed by atoms with van der Waals surface area (Å²) in [5.41, 5.74) is 4.34. The van der Waals surface area contributed by atoms with Gasteiger partial charge in [-0.05, 0) is 24.6 Å². The van der Waals surface area contributed by atoms with E-state index >= 15 is 0 Å². The zero-order valence-corrected chi connectivity index (χ0v) is 18.3. The van der Waals surface area contributed by atoms with Gasteiger partial charge in [-0.15, -0.1) is 0 Å². The van der Waals surface area contributed by atoms with E-state index in [-0.39, 0.29) is 35.1 Å². The molecular formula is C20H19F3N4O5S. The number of carbonyl (C=O) groups is 1. The average Bonchev–Trinajstić information content (AvgIpc) is 2.71. The Morgan fingerprint density at radius 3 is 2.70 bits per heavy atom. The number of benzene rings is 1. The number of rotatable bonds is 4. The summed E-state index contributed by atoms with van der Waals surface area (Å²) in [5, 5.41) is 0. The van der Waals surface area contributed by atoms with Crippen molar-refractivity contribution in [2.75, 3.05) is 19.4 Å². The van der Waals surface area contributed by atoms with Crippen LogP contribution in [0.15, 0.2) is 35.5 Å². The van der Waals surface area contributed by atoms with Crippen molar-refractivity contribution < 1.29 is 35.9 Å². The van der Waals surface area contributed by atoms with Gasteiger partial charge in [-0.2, -0.15) is 8.78 Å². The molecule has 1 atom stereocenters. The minimum absolute atomic E-state index is 0.0200.